The molecule has 0 aliphatic rings. The van der Waals surface area contributed by atoms with E-state index in [-0.39, 0.29) is 13.2 Å². The van der Waals surface area contributed by atoms with Crippen LogP contribution in [0, 0.1) is 11.8 Å². The van der Waals surface area contributed by atoms with Gasteiger partial charge in [0.25, 0.3) is 0 Å². The summed E-state index contributed by atoms with van der Waals surface area (Å²) in [6.07, 6.45) is 0.446. The van der Waals surface area contributed by atoms with Crippen LogP contribution in [0.4, 0.5) is 0 Å². The van der Waals surface area contributed by atoms with Crippen molar-refractivity contribution in [2.75, 3.05) is 6.61 Å². The van der Waals surface area contributed by atoms with Crippen molar-refractivity contribution >= 4 is 21.4 Å². The van der Waals surface area contributed by atoms with Crippen molar-refractivity contribution < 1.29 is 13.5 Å². The predicted molar refractivity (Wildman–Crippen MR) is 78.4 cm³/mol. The molecule has 0 saturated carbocycles. The van der Waals surface area contributed by atoms with Gasteiger partial charge in [-0.2, -0.15) is 0 Å². The average Bonchev–Trinajstić information content (AvgIpc) is 2.73. The summed E-state index contributed by atoms with van der Waals surface area (Å²) in [5.41, 5.74) is 0.850. The molecule has 19 heavy (non-hydrogen) atoms. The predicted octanol–water partition coefficient (Wildman–Crippen LogP) is 1.70. The quantitative estimate of drug-likeness (QED) is 0.832. The summed E-state index contributed by atoms with van der Waals surface area (Å²) in [4.78, 5) is 0.918. The first kappa shape index (κ1) is 16.2. The molecule has 0 amide bonds. The summed E-state index contributed by atoms with van der Waals surface area (Å²) in [5, 5.41) is 10.5. The van der Waals surface area contributed by atoms with Gasteiger partial charge in [-0.3, -0.25) is 0 Å². The third-order valence-electron chi connectivity index (χ3n) is 2.37. The second kappa shape index (κ2) is 6.53. The third kappa shape index (κ3) is 4.96. The van der Waals surface area contributed by atoms with Gasteiger partial charge in [-0.15, -0.1) is 11.3 Å². The van der Waals surface area contributed by atoms with Crippen LogP contribution in [0.25, 0.3) is 0 Å². The first-order valence-electron chi connectivity index (χ1n) is 5.92. The molecular formula is C13H19NO3S2. The summed E-state index contributed by atoms with van der Waals surface area (Å²) < 4.78 is 25.5. The highest BCUT2D eigenvalue weighted by atomic mass is 32.2. The maximum Gasteiger partial charge on any atom is 0.216 e. The zero-order chi connectivity index (χ0) is 14.5. The normalized spacial score (nSPS) is 12.0. The fraction of sp³-hybridized carbons (Fsp3) is 0.538. The monoisotopic (exact) mass is 301 g/mol. The smallest absolute Gasteiger partial charge is 0.216 e. The topological polar surface area (TPSA) is 66.4 Å². The molecule has 1 aromatic rings. The molecule has 1 rings (SSSR count). The number of aliphatic hydroxyl groups is 1. The number of hydrogen-bond donors (Lipinski definition) is 2. The van der Waals surface area contributed by atoms with Crippen molar-refractivity contribution in [2.24, 2.45) is 0 Å². The van der Waals surface area contributed by atoms with Gasteiger partial charge >= 0.3 is 0 Å². The highest BCUT2D eigenvalue weighted by Crippen LogP contribution is 2.17. The summed E-state index contributed by atoms with van der Waals surface area (Å²) in [6, 6.07) is 1.86. The Morgan fingerprint density at radius 1 is 1.42 bits per heavy atom. The molecule has 0 unspecified atom stereocenters. The van der Waals surface area contributed by atoms with Crippen LogP contribution in [0.1, 0.15) is 37.6 Å². The molecule has 0 aromatic carbocycles. The fourth-order valence-electron chi connectivity index (χ4n) is 1.14. The fourth-order valence-corrected chi connectivity index (χ4v) is 2.77. The Kier molecular flexibility index (Phi) is 5.56. The van der Waals surface area contributed by atoms with E-state index in [1.807, 2.05) is 11.4 Å². The van der Waals surface area contributed by atoms with Gasteiger partial charge in [-0.1, -0.05) is 11.8 Å². The lowest BCUT2D eigenvalue weighted by Crippen LogP contribution is -2.38. The van der Waals surface area contributed by atoms with Gasteiger partial charge in [-0.05, 0) is 26.8 Å². The van der Waals surface area contributed by atoms with Crippen LogP contribution in [-0.2, 0) is 16.6 Å². The molecule has 2 N–H and O–H groups in total. The van der Waals surface area contributed by atoms with Crippen LogP contribution < -0.4 is 4.72 Å². The molecule has 0 radical (unpaired) electrons. The molecule has 0 spiro atoms. The number of rotatable bonds is 4. The van der Waals surface area contributed by atoms with Crippen LogP contribution in [0.2, 0.25) is 0 Å². The minimum Gasteiger partial charge on any atom is -0.395 e. The van der Waals surface area contributed by atoms with Gasteiger partial charge in [0.15, 0.2) is 0 Å². The maximum absolute atomic E-state index is 11.9. The summed E-state index contributed by atoms with van der Waals surface area (Å²) in [6.45, 7) is 5.32. The van der Waals surface area contributed by atoms with Crippen LogP contribution in [0.5, 0.6) is 0 Å². The lowest BCUT2D eigenvalue weighted by Gasteiger charge is -2.19. The highest BCUT2D eigenvalue weighted by molar-refractivity contribution is 7.90. The number of thiophene rings is 1. The van der Waals surface area contributed by atoms with Crippen molar-refractivity contribution in [3.8, 4) is 11.8 Å². The zero-order valence-corrected chi connectivity index (χ0v) is 13.0. The van der Waals surface area contributed by atoms with E-state index in [2.05, 4.69) is 16.6 Å². The van der Waals surface area contributed by atoms with Crippen LogP contribution in [0.15, 0.2) is 11.4 Å². The van der Waals surface area contributed by atoms with E-state index in [0.717, 1.165) is 10.4 Å². The van der Waals surface area contributed by atoms with Crippen molar-refractivity contribution in [1.29, 1.82) is 0 Å². The van der Waals surface area contributed by atoms with Gasteiger partial charge in [-0.25, -0.2) is 13.1 Å². The van der Waals surface area contributed by atoms with Gasteiger partial charge in [0, 0.05) is 28.8 Å². The maximum atomic E-state index is 11.9. The Morgan fingerprint density at radius 2 is 2.11 bits per heavy atom. The molecule has 106 valence electrons. The number of sulfonamides is 1. The van der Waals surface area contributed by atoms with E-state index in [1.54, 1.807) is 20.8 Å². The van der Waals surface area contributed by atoms with Gasteiger partial charge in [0.1, 0.15) is 0 Å². The van der Waals surface area contributed by atoms with E-state index >= 15 is 0 Å². The lowest BCUT2D eigenvalue weighted by atomic mass is 10.3. The molecule has 1 aromatic heterocycles. The molecule has 0 fully saturated rings. The SMILES string of the molecule is CC(C)(C)S(=O)(=O)NCc1cc(C#CCCO)cs1. The summed E-state index contributed by atoms with van der Waals surface area (Å²) in [7, 11) is -3.32. The van der Waals surface area contributed by atoms with Gasteiger partial charge < -0.3 is 5.11 Å². The molecule has 1 heterocycles. The van der Waals surface area contributed by atoms with Crippen LogP contribution in [-0.4, -0.2) is 24.9 Å². The largest absolute Gasteiger partial charge is 0.395 e. The van der Waals surface area contributed by atoms with Crippen molar-refractivity contribution in [3.63, 3.8) is 0 Å². The first-order chi connectivity index (χ1) is 8.76. The van der Waals surface area contributed by atoms with E-state index in [1.165, 1.54) is 11.3 Å². The van der Waals surface area contributed by atoms with Crippen molar-refractivity contribution in [1.82, 2.24) is 4.72 Å². The van der Waals surface area contributed by atoms with E-state index in [9.17, 15) is 8.42 Å². The lowest BCUT2D eigenvalue weighted by molar-refractivity contribution is 0.305. The molecule has 0 saturated heterocycles. The second-order valence-corrected chi connectivity index (χ2v) is 8.53. The molecular weight excluding hydrogens is 282 g/mol. The molecule has 0 bridgehead atoms. The van der Waals surface area contributed by atoms with E-state index in [0.29, 0.717) is 6.42 Å². The van der Waals surface area contributed by atoms with Gasteiger partial charge in [0.05, 0.1) is 11.4 Å². The number of aliphatic hydroxyl groups excluding tert-OH is 1. The Bertz CT molecular complexity index is 571. The second-order valence-electron chi connectivity index (χ2n) is 5.01. The summed E-state index contributed by atoms with van der Waals surface area (Å²) in [5.74, 6) is 5.75. The van der Waals surface area contributed by atoms with E-state index < -0.39 is 14.8 Å². The third-order valence-corrected chi connectivity index (χ3v) is 5.44. The minimum absolute atomic E-state index is 0.0510. The Morgan fingerprint density at radius 3 is 2.68 bits per heavy atom. The summed E-state index contributed by atoms with van der Waals surface area (Å²) >= 11 is 1.47. The van der Waals surface area contributed by atoms with Crippen molar-refractivity contribution in [2.45, 2.75) is 38.5 Å². The minimum atomic E-state index is -3.32. The van der Waals surface area contributed by atoms with Crippen LogP contribution in [0.3, 0.4) is 0 Å². The molecule has 0 aliphatic carbocycles. The zero-order valence-electron chi connectivity index (χ0n) is 11.4. The highest BCUT2D eigenvalue weighted by Gasteiger charge is 2.28. The number of nitrogens with one attached hydrogen (secondary N) is 1. The Labute approximate surface area is 118 Å². The van der Waals surface area contributed by atoms with Crippen LogP contribution >= 0.6 is 11.3 Å². The van der Waals surface area contributed by atoms with E-state index in [4.69, 9.17) is 5.11 Å². The Hall–Kier alpha value is -0.870. The van der Waals surface area contributed by atoms with Gasteiger partial charge in [0.2, 0.25) is 10.0 Å². The molecule has 0 aliphatic heterocycles. The Balaban J connectivity index is 2.64. The average molecular weight is 301 g/mol. The molecule has 0 atom stereocenters. The number of hydrogen-bond acceptors (Lipinski definition) is 4. The van der Waals surface area contributed by atoms with Crippen molar-refractivity contribution in [3.05, 3.63) is 21.9 Å². The molecule has 6 heteroatoms. The molecule has 4 nitrogen and oxygen atoms in total. The standard InChI is InChI=1S/C13H19NO3S2/c1-13(2,3)19(16,17)14-9-12-8-11(10-18-12)6-4-5-7-15/h8,10,14-15H,5,7,9H2,1-3H3. The first-order valence-corrected chi connectivity index (χ1v) is 8.29.